The first-order valence-corrected chi connectivity index (χ1v) is 12.0. The van der Waals surface area contributed by atoms with Crippen LogP contribution in [0.4, 0.5) is 16.2 Å². The maximum Gasteiger partial charge on any atom is 0.321 e. The molecule has 0 bridgehead atoms. The molecule has 192 valence electrons. The largest absolute Gasteiger partial charge is 0.497 e. The number of ether oxygens (including phenoxy) is 2. The smallest absolute Gasteiger partial charge is 0.321 e. The van der Waals surface area contributed by atoms with Gasteiger partial charge in [-0.15, -0.1) is 0 Å². The molecule has 4 rings (SSSR count). The third-order valence-corrected chi connectivity index (χ3v) is 6.76. The summed E-state index contributed by atoms with van der Waals surface area (Å²) in [5.74, 6) is 0.413. The number of rotatable bonds is 8. The van der Waals surface area contributed by atoms with E-state index in [2.05, 4.69) is 15.5 Å². The van der Waals surface area contributed by atoms with Crippen molar-refractivity contribution in [2.75, 3.05) is 63.9 Å². The summed E-state index contributed by atoms with van der Waals surface area (Å²) in [5.41, 5.74) is 0.796. The van der Waals surface area contributed by atoms with E-state index in [0.717, 1.165) is 5.69 Å². The molecular weight excluding hydrogens is 462 g/mol. The van der Waals surface area contributed by atoms with Gasteiger partial charge in [-0.1, -0.05) is 18.2 Å². The minimum absolute atomic E-state index is 0.0186. The van der Waals surface area contributed by atoms with Gasteiger partial charge in [0.25, 0.3) is 5.91 Å². The van der Waals surface area contributed by atoms with Gasteiger partial charge >= 0.3 is 6.03 Å². The summed E-state index contributed by atoms with van der Waals surface area (Å²) in [6.07, 6.45) is 0.942. The van der Waals surface area contributed by atoms with Crippen molar-refractivity contribution < 1.29 is 23.9 Å². The Morgan fingerprint density at radius 2 is 1.69 bits per heavy atom. The molecule has 0 saturated carbocycles. The van der Waals surface area contributed by atoms with Crippen molar-refractivity contribution >= 4 is 29.2 Å². The van der Waals surface area contributed by atoms with Crippen LogP contribution >= 0.6 is 0 Å². The minimum Gasteiger partial charge on any atom is -0.497 e. The number of piperidine rings is 1. The number of methoxy groups -OCH3 is 2. The molecule has 2 aromatic rings. The molecule has 4 amide bonds. The Kier molecular flexibility index (Phi) is 7.94. The molecule has 2 aromatic carbocycles. The van der Waals surface area contributed by atoms with Crippen LogP contribution in [-0.4, -0.2) is 86.9 Å². The molecule has 0 aliphatic carbocycles. The predicted molar refractivity (Wildman–Crippen MR) is 136 cm³/mol. The molecule has 2 fully saturated rings. The summed E-state index contributed by atoms with van der Waals surface area (Å²) in [4.78, 5) is 44.5. The zero-order valence-corrected chi connectivity index (χ0v) is 20.7. The Labute approximate surface area is 211 Å². The molecule has 2 aliphatic rings. The van der Waals surface area contributed by atoms with E-state index in [4.69, 9.17) is 9.47 Å². The number of nitrogens with zero attached hydrogens (tertiary/aromatic N) is 3. The summed E-state index contributed by atoms with van der Waals surface area (Å²) in [6.45, 7) is 1.95. The number of hydrogen-bond donors (Lipinski definition) is 2. The van der Waals surface area contributed by atoms with E-state index in [9.17, 15) is 14.4 Å². The van der Waals surface area contributed by atoms with E-state index in [1.54, 1.807) is 48.3 Å². The molecule has 0 aromatic heterocycles. The first-order valence-electron chi connectivity index (χ1n) is 12.0. The molecule has 0 atom stereocenters. The van der Waals surface area contributed by atoms with Crippen LogP contribution in [0.1, 0.15) is 12.8 Å². The zero-order chi connectivity index (χ0) is 25.5. The van der Waals surface area contributed by atoms with Gasteiger partial charge in [0.05, 0.1) is 20.4 Å². The lowest BCUT2D eigenvalue weighted by molar-refractivity contribution is -0.137. The van der Waals surface area contributed by atoms with Crippen LogP contribution in [0.3, 0.4) is 0 Å². The fraction of sp³-hybridized carbons (Fsp3) is 0.423. The number of urea groups is 1. The van der Waals surface area contributed by atoms with Crippen molar-refractivity contribution in [3.8, 4) is 5.75 Å². The molecule has 10 heteroatoms. The SMILES string of the molecule is COCCNC(=O)CN1CN(c2ccccc2)C2(CCN(C(=O)Nc3ccc(OC)cc3)CC2)C1=O. The van der Waals surface area contributed by atoms with E-state index < -0.39 is 5.54 Å². The fourth-order valence-electron chi connectivity index (χ4n) is 4.80. The van der Waals surface area contributed by atoms with Gasteiger partial charge in [-0.2, -0.15) is 0 Å². The van der Waals surface area contributed by atoms with Crippen molar-refractivity contribution in [3.63, 3.8) is 0 Å². The Morgan fingerprint density at radius 1 is 1.00 bits per heavy atom. The number of para-hydroxylation sites is 1. The van der Waals surface area contributed by atoms with Crippen molar-refractivity contribution in [1.29, 1.82) is 0 Å². The maximum absolute atomic E-state index is 13.7. The average molecular weight is 496 g/mol. The molecule has 10 nitrogen and oxygen atoms in total. The Hall–Kier alpha value is -3.79. The average Bonchev–Trinajstić information content (AvgIpc) is 3.16. The lowest BCUT2D eigenvalue weighted by Gasteiger charge is -2.43. The minimum atomic E-state index is -0.801. The number of hydrogen-bond acceptors (Lipinski definition) is 6. The van der Waals surface area contributed by atoms with Crippen LogP contribution < -0.4 is 20.3 Å². The third kappa shape index (κ3) is 5.38. The van der Waals surface area contributed by atoms with Gasteiger partial charge in [-0.3, -0.25) is 9.59 Å². The van der Waals surface area contributed by atoms with Gasteiger partial charge in [0, 0.05) is 38.1 Å². The van der Waals surface area contributed by atoms with Gasteiger partial charge in [0.2, 0.25) is 5.91 Å². The number of nitrogens with one attached hydrogen (secondary N) is 2. The molecule has 2 heterocycles. The summed E-state index contributed by atoms with van der Waals surface area (Å²) in [7, 11) is 3.16. The Bertz CT molecular complexity index is 1050. The lowest BCUT2D eigenvalue weighted by atomic mass is 9.85. The van der Waals surface area contributed by atoms with E-state index in [1.165, 1.54) is 0 Å². The lowest BCUT2D eigenvalue weighted by Crippen LogP contribution is -2.58. The number of anilines is 2. The van der Waals surface area contributed by atoms with Crippen molar-refractivity contribution in [1.82, 2.24) is 15.1 Å². The molecule has 2 aliphatic heterocycles. The van der Waals surface area contributed by atoms with E-state index >= 15 is 0 Å². The second-order valence-electron chi connectivity index (χ2n) is 8.93. The van der Waals surface area contributed by atoms with Gasteiger partial charge in [0.15, 0.2) is 0 Å². The summed E-state index contributed by atoms with van der Waals surface area (Å²) < 4.78 is 10.1. The molecule has 2 N–H and O–H groups in total. The molecule has 36 heavy (non-hydrogen) atoms. The number of amides is 4. The predicted octanol–water partition coefficient (Wildman–Crippen LogP) is 2.13. The quantitative estimate of drug-likeness (QED) is 0.544. The number of likely N-dealkylation sites (tertiary alicyclic amines) is 1. The number of carbonyl (C=O) groups excluding carboxylic acids is 3. The Morgan fingerprint density at radius 3 is 2.33 bits per heavy atom. The Balaban J connectivity index is 1.45. The highest BCUT2D eigenvalue weighted by Gasteiger charge is 2.54. The first-order chi connectivity index (χ1) is 17.5. The topological polar surface area (TPSA) is 103 Å². The normalized spacial score (nSPS) is 16.8. The molecule has 0 radical (unpaired) electrons. The molecule has 1 spiro atoms. The monoisotopic (exact) mass is 495 g/mol. The highest BCUT2D eigenvalue weighted by Crippen LogP contribution is 2.39. The van der Waals surface area contributed by atoms with Crippen LogP contribution in [-0.2, 0) is 14.3 Å². The molecular formula is C26H33N5O5. The fourth-order valence-corrected chi connectivity index (χ4v) is 4.80. The van der Waals surface area contributed by atoms with Crippen molar-refractivity contribution in [2.45, 2.75) is 18.4 Å². The third-order valence-electron chi connectivity index (χ3n) is 6.76. The van der Waals surface area contributed by atoms with Crippen LogP contribution in [0.25, 0.3) is 0 Å². The van der Waals surface area contributed by atoms with Gasteiger partial charge in [-0.05, 0) is 49.2 Å². The van der Waals surface area contributed by atoms with Crippen LogP contribution in [0.2, 0.25) is 0 Å². The summed E-state index contributed by atoms with van der Waals surface area (Å²) >= 11 is 0. The van der Waals surface area contributed by atoms with Crippen LogP contribution in [0.15, 0.2) is 54.6 Å². The van der Waals surface area contributed by atoms with E-state index in [-0.39, 0.29) is 24.4 Å². The second-order valence-corrected chi connectivity index (χ2v) is 8.93. The van der Waals surface area contributed by atoms with Crippen LogP contribution in [0.5, 0.6) is 5.75 Å². The highest BCUT2D eigenvalue weighted by molar-refractivity contribution is 5.97. The van der Waals surface area contributed by atoms with E-state index in [0.29, 0.717) is 57.2 Å². The standard InChI is InChI=1S/C26H33N5O5/c1-35-17-14-27-23(32)18-30-19-31(21-6-4-3-5-7-21)26(24(30)33)12-15-29(16-13-26)25(34)28-20-8-10-22(36-2)11-9-20/h3-11H,12-19H2,1-2H3,(H,27,32)(H,28,34). The maximum atomic E-state index is 13.7. The van der Waals surface area contributed by atoms with Gasteiger partial charge in [0.1, 0.15) is 17.8 Å². The van der Waals surface area contributed by atoms with Crippen LogP contribution in [0, 0.1) is 0 Å². The first kappa shape index (κ1) is 25.3. The van der Waals surface area contributed by atoms with Crippen molar-refractivity contribution in [3.05, 3.63) is 54.6 Å². The van der Waals surface area contributed by atoms with E-state index in [1.807, 2.05) is 30.3 Å². The summed E-state index contributed by atoms with van der Waals surface area (Å²) in [6, 6.07) is 16.7. The highest BCUT2D eigenvalue weighted by atomic mass is 16.5. The van der Waals surface area contributed by atoms with Gasteiger partial charge < -0.3 is 34.8 Å². The number of benzene rings is 2. The summed E-state index contributed by atoms with van der Waals surface area (Å²) in [5, 5.41) is 5.70. The van der Waals surface area contributed by atoms with Gasteiger partial charge in [-0.25, -0.2) is 4.79 Å². The molecule has 0 unspecified atom stereocenters. The number of carbonyl (C=O) groups is 3. The molecule has 2 saturated heterocycles. The zero-order valence-electron chi connectivity index (χ0n) is 20.7. The second kappa shape index (κ2) is 11.3. The van der Waals surface area contributed by atoms with Crippen molar-refractivity contribution in [2.24, 2.45) is 0 Å².